The number of nitrogens with one attached hydrogen (secondary N) is 1. The van der Waals surface area contributed by atoms with Crippen LogP contribution in [-0.2, 0) is 6.54 Å². The number of aromatic nitrogens is 1. The molecule has 0 saturated heterocycles. The number of nitrogens with zero attached hydrogens (tertiary/aromatic N) is 1. The van der Waals surface area contributed by atoms with Gasteiger partial charge in [-0.3, -0.25) is 4.79 Å². The lowest BCUT2D eigenvalue weighted by Crippen LogP contribution is -2.40. The molecule has 0 radical (unpaired) electrons. The Morgan fingerprint density at radius 1 is 1.19 bits per heavy atom. The van der Waals surface area contributed by atoms with Gasteiger partial charge in [0.1, 0.15) is 0 Å². The maximum atomic E-state index is 11.8. The van der Waals surface area contributed by atoms with Gasteiger partial charge in [0.2, 0.25) is 0 Å². The SMILES string of the molecule is CCCn1cc(NC2CC(C)(C)CC(C)(C)C2)ccc1=O. The lowest BCUT2D eigenvalue weighted by Gasteiger charge is -2.45. The van der Waals surface area contributed by atoms with Crippen LogP contribution in [0.15, 0.2) is 23.1 Å². The van der Waals surface area contributed by atoms with Crippen LogP contribution in [0.3, 0.4) is 0 Å². The van der Waals surface area contributed by atoms with Gasteiger partial charge in [0, 0.05) is 24.8 Å². The summed E-state index contributed by atoms with van der Waals surface area (Å²) in [7, 11) is 0. The Labute approximate surface area is 128 Å². The summed E-state index contributed by atoms with van der Waals surface area (Å²) in [5, 5.41) is 3.66. The Kier molecular flexibility index (Phi) is 4.50. The number of hydrogen-bond donors (Lipinski definition) is 1. The fourth-order valence-corrected chi connectivity index (χ4v) is 4.22. The topological polar surface area (TPSA) is 34.0 Å². The van der Waals surface area contributed by atoms with Crippen LogP contribution in [0.1, 0.15) is 60.3 Å². The van der Waals surface area contributed by atoms with E-state index >= 15 is 0 Å². The summed E-state index contributed by atoms with van der Waals surface area (Å²) in [4.78, 5) is 11.8. The van der Waals surface area contributed by atoms with Crippen molar-refractivity contribution in [1.29, 1.82) is 0 Å². The average molecular weight is 290 g/mol. The van der Waals surface area contributed by atoms with Crippen LogP contribution >= 0.6 is 0 Å². The molecule has 1 N–H and O–H groups in total. The molecule has 1 aromatic rings. The normalized spacial score (nSPS) is 21.2. The van der Waals surface area contributed by atoms with Gasteiger partial charge in [0.15, 0.2) is 0 Å². The summed E-state index contributed by atoms with van der Waals surface area (Å²) in [6, 6.07) is 4.08. The van der Waals surface area contributed by atoms with E-state index < -0.39 is 0 Å². The largest absolute Gasteiger partial charge is 0.381 e. The van der Waals surface area contributed by atoms with Crippen LogP contribution in [0.4, 0.5) is 5.69 Å². The summed E-state index contributed by atoms with van der Waals surface area (Å²) in [5.74, 6) is 0. The van der Waals surface area contributed by atoms with Crippen molar-refractivity contribution in [2.75, 3.05) is 5.32 Å². The van der Waals surface area contributed by atoms with Gasteiger partial charge in [-0.2, -0.15) is 0 Å². The zero-order valence-electron chi connectivity index (χ0n) is 14.2. The molecule has 0 aliphatic heterocycles. The van der Waals surface area contributed by atoms with Crippen LogP contribution in [0.5, 0.6) is 0 Å². The molecule has 3 heteroatoms. The molecular formula is C18H30N2O. The van der Waals surface area contributed by atoms with Gasteiger partial charge in [0.25, 0.3) is 5.56 Å². The molecule has 0 bridgehead atoms. The smallest absolute Gasteiger partial charge is 0.250 e. The maximum absolute atomic E-state index is 11.8. The summed E-state index contributed by atoms with van der Waals surface area (Å²) in [6.45, 7) is 12.3. The van der Waals surface area contributed by atoms with Crippen molar-refractivity contribution in [2.24, 2.45) is 10.8 Å². The van der Waals surface area contributed by atoms with Crippen LogP contribution in [0, 0.1) is 10.8 Å². The molecule has 3 nitrogen and oxygen atoms in total. The predicted octanol–water partition coefficient (Wildman–Crippen LogP) is 4.28. The van der Waals surface area contributed by atoms with E-state index in [1.807, 2.05) is 12.3 Å². The molecule has 1 fully saturated rings. The minimum absolute atomic E-state index is 0.0895. The standard InChI is InChI=1S/C18H30N2O/c1-6-9-20-12-14(7-8-16(20)21)19-15-10-17(2,3)13-18(4,5)11-15/h7-8,12,15,19H,6,9-11,13H2,1-5H3. The van der Waals surface area contributed by atoms with E-state index in [1.165, 1.54) is 19.3 Å². The van der Waals surface area contributed by atoms with Gasteiger partial charge >= 0.3 is 0 Å². The minimum Gasteiger partial charge on any atom is -0.381 e. The average Bonchev–Trinajstić information content (AvgIpc) is 2.29. The Morgan fingerprint density at radius 2 is 1.81 bits per heavy atom. The first kappa shape index (κ1) is 16.1. The number of pyridine rings is 1. The van der Waals surface area contributed by atoms with Crippen molar-refractivity contribution in [3.8, 4) is 0 Å². The van der Waals surface area contributed by atoms with Crippen molar-refractivity contribution in [1.82, 2.24) is 4.57 Å². The Bertz CT molecular complexity index is 526. The molecule has 1 aromatic heterocycles. The lowest BCUT2D eigenvalue weighted by molar-refractivity contribution is 0.105. The van der Waals surface area contributed by atoms with E-state index in [9.17, 15) is 4.79 Å². The van der Waals surface area contributed by atoms with Gasteiger partial charge in [-0.25, -0.2) is 0 Å². The van der Waals surface area contributed by atoms with E-state index in [-0.39, 0.29) is 5.56 Å². The van der Waals surface area contributed by atoms with E-state index in [1.54, 1.807) is 10.6 Å². The monoisotopic (exact) mass is 290 g/mol. The van der Waals surface area contributed by atoms with Gasteiger partial charge in [-0.05, 0) is 42.6 Å². The molecule has 2 rings (SSSR count). The third kappa shape index (κ3) is 4.36. The highest BCUT2D eigenvalue weighted by Crippen LogP contribution is 2.46. The predicted molar refractivity (Wildman–Crippen MR) is 89.8 cm³/mol. The Balaban J connectivity index is 2.14. The van der Waals surface area contributed by atoms with Crippen LogP contribution in [-0.4, -0.2) is 10.6 Å². The highest BCUT2D eigenvalue weighted by atomic mass is 16.1. The fraction of sp³-hybridized carbons (Fsp3) is 0.722. The van der Waals surface area contributed by atoms with Crippen molar-refractivity contribution in [3.63, 3.8) is 0 Å². The van der Waals surface area contributed by atoms with Crippen molar-refractivity contribution < 1.29 is 0 Å². The minimum atomic E-state index is 0.0895. The van der Waals surface area contributed by atoms with E-state index in [2.05, 4.69) is 39.9 Å². The third-order valence-corrected chi connectivity index (χ3v) is 4.37. The first-order chi connectivity index (χ1) is 9.71. The van der Waals surface area contributed by atoms with Crippen LogP contribution in [0.25, 0.3) is 0 Å². The maximum Gasteiger partial charge on any atom is 0.250 e. The fourth-order valence-electron chi connectivity index (χ4n) is 4.22. The quantitative estimate of drug-likeness (QED) is 0.898. The number of rotatable bonds is 4. The van der Waals surface area contributed by atoms with Gasteiger partial charge in [-0.15, -0.1) is 0 Å². The summed E-state index contributed by atoms with van der Waals surface area (Å²) in [6.07, 6.45) is 6.59. The molecule has 1 aliphatic rings. The lowest BCUT2D eigenvalue weighted by atomic mass is 9.63. The molecule has 1 saturated carbocycles. The van der Waals surface area contributed by atoms with E-state index in [0.717, 1.165) is 18.7 Å². The first-order valence-electron chi connectivity index (χ1n) is 8.18. The second-order valence-corrected chi connectivity index (χ2v) is 8.20. The van der Waals surface area contributed by atoms with Crippen LogP contribution in [0.2, 0.25) is 0 Å². The number of anilines is 1. The zero-order valence-corrected chi connectivity index (χ0v) is 14.2. The number of hydrogen-bond acceptors (Lipinski definition) is 2. The summed E-state index contributed by atoms with van der Waals surface area (Å²) < 4.78 is 1.81. The molecule has 0 amide bonds. The summed E-state index contributed by atoms with van der Waals surface area (Å²) >= 11 is 0. The van der Waals surface area contributed by atoms with Gasteiger partial charge < -0.3 is 9.88 Å². The second-order valence-electron chi connectivity index (χ2n) is 8.20. The molecule has 0 atom stereocenters. The highest BCUT2D eigenvalue weighted by Gasteiger charge is 2.38. The molecule has 21 heavy (non-hydrogen) atoms. The second kappa shape index (κ2) is 5.86. The molecular weight excluding hydrogens is 260 g/mol. The Morgan fingerprint density at radius 3 is 2.38 bits per heavy atom. The van der Waals surface area contributed by atoms with Crippen LogP contribution < -0.4 is 10.9 Å². The molecule has 118 valence electrons. The molecule has 0 spiro atoms. The third-order valence-electron chi connectivity index (χ3n) is 4.37. The van der Waals surface area contributed by atoms with Crippen molar-refractivity contribution in [2.45, 2.75) is 72.9 Å². The molecule has 0 unspecified atom stereocenters. The molecule has 1 heterocycles. The summed E-state index contributed by atoms with van der Waals surface area (Å²) in [5.41, 5.74) is 1.91. The van der Waals surface area contributed by atoms with Crippen molar-refractivity contribution >= 4 is 5.69 Å². The molecule has 0 aromatic carbocycles. The van der Waals surface area contributed by atoms with Crippen molar-refractivity contribution in [3.05, 3.63) is 28.7 Å². The van der Waals surface area contributed by atoms with E-state index in [0.29, 0.717) is 16.9 Å². The zero-order chi connectivity index (χ0) is 15.7. The Hall–Kier alpha value is -1.25. The molecule has 1 aliphatic carbocycles. The highest BCUT2D eigenvalue weighted by molar-refractivity contribution is 5.41. The van der Waals surface area contributed by atoms with Gasteiger partial charge in [0.05, 0.1) is 5.69 Å². The number of aryl methyl sites for hydroxylation is 1. The van der Waals surface area contributed by atoms with Gasteiger partial charge in [-0.1, -0.05) is 34.6 Å². The van der Waals surface area contributed by atoms with E-state index in [4.69, 9.17) is 0 Å². The first-order valence-corrected chi connectivity index (χ1v) is 8.18.